The number of piperidine rings is 1. The van der Waals surface area contributed by atoms with Crippen LogP contribution in [-0.4, -0.2) is 64.5 Å². The van der Waals surface area contributed by atoms with Gasteiger partial charge in [-0.3, -0.25) is 9.69 Å². The van der Waals surface area contributed by atoms with E-state index >= 15 is 0 Å². The van der Waals surface area contributed by atoms with E-state index in [1.807, 2.05) is 28.0 Å². The molecule has 1 atom stereocenters. The molecule has 1 aromatic heterocycles. The maximum Gasteiger partial charge on any atom is 0.227 e. The van der Waals surface area contributed by atoms with Crippen molar-refractivity contribution in [3.63, 3.8) is 0 Å². The molecule has 6 nitrogen and oxygen atoms in total. The second-order valence-electron chi connectivity index (χ2n) is 9.10. The van der Waals surface area contributed by atoms with E-state index in [4.69, 9.17) is 4.98 Å². The van der Waals surface area contributed by atoms with Crippen molar-refractivity contribution in [3.8, 4) is 0 Å². The van der Waals surface area contributed by atoms with Crippen LogP contribution in [-0.2, 0) is 17.9 Å². The Morgan fingerprint density at radius 2 is 1.79 bits per heavy atom. The zero-order valence-corrected chi connectivity index (χ0v) is 19.3. The second-order valence-corrected chi connectivity index (χ2v) is 9.10. The first kappa shape index (κ1) is 21.9. The van der Waals surface area contributed by atoms with Crippen molar-refractivity contribution in [2.45, 2.75) is 32.9 Å². The van der Waals surface area contributed by atoms with Crippen LogP contribution in [0.15, 0.2) is 48.5 Å². The zero-order chi connectivity index (χ0) is 22.8. The highest BCUT2D eigenvalue weighted by molar-refractivity contribution is 5.79. The number of aromatic nitrogens is 2. The molecule has 0 bridgehead atoms. The number of para-hydroxylation sites is 3. The fraction of sp³-hybridized carbons (Fsp3) is 0.462. The molecule has 2 aromatic carbocycles. The van der Waals surface area contributed by atoms with Crippen molar-refractivity contribution in [2.75, 3.05) is 44.2 Å². The van der Waals surface area contributed by atoms with Crippen LogP contribution >= 0.6 is 0 Å². The number of carbonyl (C=O) groups excluding carboxylic acids is 1. The lowest BCUT2D eigenvalue weighted by molar-refractivity contribution is -0.137. The van der Waals surface area contributed by atoms with Gasteiger partial charge in [0, 0.05) is 39.3 Å². The molecule has 174 valence electrons. The first-order chi connectivity index (χ1) is 16.1. The van der Waals surface area contributed by atoms with Crippen LogP contribution in [0.1, 0.15) is 25.6 Å². The molecule has 7 heteroatoms. The lowest BCUT2D eigenvalue weighted by Crippen LogP contribution is -2.52. The number of carbonyl (C=O) groups is 1. The van der Waals surface area contributed by atoms with Crippen molar-refractivity contribution < 1.29 is 9.18 Å². The molecule has 1 amide bonds. The minimum atomic E-state index is -0.196. The zero-order valence-electron chi connectivity index (χ0n) is 19.3. The molecule has 0 spiro atoms. The summed E-state index contributed by atoms with van der Waals surface area (Å²) in [6.45, 7) is 8.22. The minimum absolute atomic E-state index is 0.0261. The predicted molar refractivity (Wildman–Crippen MR) is 129 cm³/mol. The minimum Gasteiger partial charge on any atom is -0.366 e. The van der Waals surface area contributed by atoms with Crippen molar-refractivity contribution in [2.24, 2.45) is 5.92 Å². The molecule has 3 heterocycles. The van der Waals surface area contributed by atoms with Gasteiger partial charge in [0.25, 0.3) is 0 Å². The molecule has 0 aliphatic carbocycles. The number of piperazine rings is 1. The van der Waals surface area contributed by atoms with Gasteiger partial charge in [-0.1, -0.05) is 24.3 Å². The van der Waals surface area contributed by atoms with Crippen molar-refractivity contribution >= 4 is 22.6 Å². The van der Waals surface area contributed by atoms with Gasteiger partial charge in [-0.2, -0.15) is 0 Å². The highest BCUT2D eigenvalue weighted by Gasteiger charge is 2.32. The van der Waals surface area contributed by atoms with Gasteiger partial charge in [0.1, 0.15) is 11.6 Å². The Hall–Kier alpha value is -2.93. The number of aryl methyl sites for hydroxylation is 1. The fourth-order valence-corrected chi connectivity index (χ4v) is 5.33. The number of benzene rings is 2. The molecule has 0 saturated carbocycles. The number of imidazole rings is 1. The Labute approximate surface area is 194 Å². The summed E-state index contributed by atoms with van der Waals surface area (Å²) in [7, 11) is 0. The van der Waals surface area contributed by atoms with E-state index in [1.54, 1.807) is 6.07 Å². The maximum absolute atomic E-state index is 14.1. The van der Waals surface area contributed by atoms with E-state index in [1.165, 1.54) is 11.6 Å². The molecular weight excluding hydrogens is 417 g/mol. The van der Waals surface area contributed by atoms with Crippen LogP contribution < -0.4 is 4.90 Å². The average molecular weight is 450 g/mol. The van der Waals surface area contributed by atoms with Crippen molar-refractivity contribution in [1.82, 2.24) is 19.4 Å². The molecule has 2 saturated heterocycles. The number of rotatable bonds is 5. The highest BCUT2D eigenvalue weighted by Crippen LogP contribution is 2.25. The van der Waals surface area contributed by atoms with E-state index in [9.17, 15) is 9.18 Å². The molecule has 2 fully saturated rings. The van der Waals surface area contributed by atoms with Crippen LogP contribution in [0.2, 0.25) is 0 Å². The van der Waals surface area contributed by atoms with Gasteiger partial charge >= 0.3 is 0 Å². The number of nitrogens with zero attached hydrogens (tertiary/aromatic N) is 5. The molecule has 5 rings (SSSR count). The Morgan fingerprint density at radius 1 is 1.03 bits per heavy atom. The molecule has 0 radical (unpaired) electrons. The summed E-state index contributed by atoms with van der Waals surface area (Å²) in [5.41, 5.74) is 2.84. The molecule has 33 heavy (non-hydrogen) atoms. The third kappa shape index (κ3) is 4.47. The Kier molecular flexibility index (Phi) is 6.31. The number of amides is 1. The summed E-state index contributed by atoms with van der Waals surface area (Å²) in [5, 5.41) is 0. The highest BCUT2D eigenvalue weighted by atomic mass is 19.1. The third-order valence-corrected chi connectivity index (χ3v) is 7.05. The number of anilines is 1. The van der Waals surface area contributed by atoms with Crippen LogP contribution in [0.4, 0.5) is 10.1 Å². The second kappa shape index (κ2) is 9.51. The van der Waals surface area contributed by atoms with Crippen LogP contribution in [0.25, 0.3) is 11.0 Å². The molecular formula is C26H32FN5O. The summed E-state index contributed by atoms with van der Waals surface area (Å²) in [6.07, 6.45) is 1.96. The first-order valence-electron chi connectivity index (χ1n) is 12.1. The third-order valence-electron chi connectivity index (χ3n) is 7.05. The van der Waals surface area contributed by atoms with Gasteiger partial charge in [-0.05, 0) is 50.6 Å². The van der Waals surface area contributed by atoms with E-state index in [2.05, 4.69) is 34.6 Å². The molecule has 2 aliphatic heterocycles. The Morgan fingerprint density at radius 3 is 2.58 bits per heavy atom. The van der Waals surface area contributed by atoms with Crippen LogP contribution in [0.5, 0.6) is 0 Å². The van der Waals surface area contributed by atoms with Crippen molar-refractivity contribution in [1.29, 1.82) is 0 Å². The average Bonchev–Trinajstić information content (AvgIpc) is 3.21. The Bertz CT molecular complexity index is 1120. The molecule has 2 aliphatic rings. The number of hydrogen-bond donors (Lipinski definition) is 0. The van der Waals surface area contributed by atoms with Gasteiger partial charge in [-0.15, -0.1) is 0 Å². The summed E-state index contributed by atoms with van der Waals surface area (Å²) >= 11 is 0. The summed E-state index contributed by atoms with van der Waals surface area (Å²) in [4.78, 5) is 24.6. The first-order valence-corrected chi connectivity index (χ1v) is 12.1. The molecule has 3 aromatic rings. The topological polar surface area (TPSA) is 44.6 Å². The largest absolute Gasteiger partial charge is 0.366 e. The number of fused-ring (bicyclic) bond motifs is 1. The summed E-state index contributed by atoms with van der Waals surface area (Å²) in [5.74, 6) is 1.15. The fourth-order valence-electron chi connectivity index (χ4n) is 5.33. The smallest absolute Gasteiger partial charge is 0.227 e. The van der Waals surface area contributed by atoms with E-state index in [0.717, 1.165) is 50.4 Å². The monoisotopic (exact) mass is 449 g/mol. The van der Waals surface area contributed by atoms with E-state index in [0.29, 0.717) is 31.9 Å². The van der Waals surface area contributed by atoms with Gasteiger partial charge in [0.05, 0.1) is 29.2 Å². The predicted octanol–water partition coefficient (Wildman–Crippen LogP) is 3.76. The number of likely N-dealkylation sites (tertiary alicyclic amines) is 1. The molecule has 0 unspecified atom stereocenters. The van der Waals surface area contributed by atoms with Gasteiger partial charge in [0.15, 0.2) is 0 Å². The summed E-state index contributed by atoms with van der Waals surface area (Å²) in [6, 6.07) is 15.2. The number of hydrogen-bond acceptors (Lipinski definition) is 4. The van der Waals surface area contributed by atoms with Crippen LogP contribution in [0.3, 0.4) is 0 Å². The quantitative estimate of drug-likeness (QED) is 0.595. The normalized spacial score (nSPS) is 19.9. The molecule has 0 N–H and O–H groups in total. The SMILES string of the molecule is CCn1c(CN2CCC[C@@H](C(=O)N3CCN(c4ccccc4F)CC3)C2)nc2ccccc21. The lowest BCUT2D eigenvalue weighted by atomic mass is 9.96. The maximum atomic E-state index is 14.1. The van der Waals surface area contributed by atoms with Gasteiger partial charge in [-0.25, -0.2) is 9.37 Å². The van der Waals surface area contributed by atoms with E-state index < -0.39 is 0 Å². The van der Waals surface area contributed by atoms with Gasteiger partial charge in [0.2, 0.25) is 5.91 Å². The summed E-state index contributed by atoms with van der Waals surface area (Å²) < 4.78 is 16.4. The van der Waals surface area contributed by atoms with Gasteiger partial charge < -0.3 is 14.4 Å². The number of halogens is 1. The lowest BCUT2D eigenvalue weighted by Gasteiger charge is -2.39. The Balaban J connectivity index is 1.21. The van der Waals surface area contributed by atoms with E-state index in [-0.39, 0.29) is 17.6 Å². The van der Waals surface area contributed by atoms with Crippen LogP contribution in [0, 0.1) is 11.7 Å². The van der Waals surface area contributed by atoms with Crippen molar-refractivity contribution in [3.05, 3.63) is 60.2 Å². The standard InChI is InChI=1S/C26H32FN5O/c1-2-32-24-12-6-4-10-22(24)28-25(32)19-29-13-7-8-20(18-29)26(33)31-16-14-30(15-17-31)23-11-5-3-9-21(23)27/h3-6,9-12,20H,2,7-8,13-19H2,1H3/t20-/m1/s1.